The molecule has 6 heteroatoms. The van der Waals surface area contributed by atoms with Crippen molar-refractivity contribution in [3.8, 4) is 0 Å². The monoisotopic (exact) mass is 985 g/mol. The van der Waals surface area contributed by atoms with Gasteiger partial charge < -0.3 is 14.2 Å². The molecule has 0 aromatic heterocycles. The SMILES string of the molecule is CC/C=C\C/C=C\C/C=C\C/C=C\C/C=C\C/C=C\CCC(=O)OC[C@H](COC(=O)CCCCCCC/C=C\C/C=C\CCCCC)OC(=O)CCCCCCCCCCC/C=C\CCCCCCCC. The average Bonchev–Trinajstić information content (AvgIpc) is 3.37. The normalized spacial score (nSPS) is 12.9. The van der Waals surface area contributed by atoms with E-state index in [0.29, 0.717) is 19.3 Å². The third-order valence-corrected chi connectivity index (χ3v) is 12.2. The number of hydrogen-bond acceptors (Lipinski definition) is 6. The van der Waals surface area contributed by atoms with Crippen LogP contribution in [0.4, 0.5) is 0 Å². The van der Waals surface area contributed by atoms with Crippen molar-refractivity contribution in [2.45, 2.75) is 271 Å². The highest BCUT2D eigenvalue weighted by Crippen LogP contribution is 2.14. The summed E-state index contributed by atoms with van der Waals surface area (Å²) >= 11 is 0. The second-order valence-corrected chi connectivity index (χ2v) is 19.2. The van der Waals surface area contributed by atoms with Crippen LogP contribution in [0.1, 0.15) is 265 Å². The first-order chi connectivity index (χ1) is 35.0. The van der Waals surface area contributed by atoms with Crippen LogP contribution in [0.3, 0.4) is 0 Å². The fourth-order valence-corrected chi connectivity index (χ4v) is 7.85. The van der Waals surface area contributed by atoms with Crippen molar-refractivity contribution in [3.05, 3.63) is 109 Å². The Bertz CT molecular complexity index is 1460. The van der Waals surface area contributed by atoms with E-state index in [1.807, 2.05) is 6.08 Å². The highest BCUT2D eigenvalue weighted by molar-refractivity contribution is 5.71. The van der Waals surface area contributed by atoms with Crippen molar-refractivity contribution in [1.29, 1.82) is 0 Å². The number of unbranched alkanes of at least 4 members (excludes halogenated alkanes) is 23. The third kappa shape index (κ3) is 56.9. The highest BCUT2D eigenvalue weighted by atomic mass is 16.6. The van der Waals surface area contributed by atoms with E-state index in [1.165, 1.54) is 116 Å². The smallest absolute Gasteiger partial charge is 0.306 e. The van der Waals surface area contributed by atoms with Crippen LogP contribution in [0.15, 0.2) is 109 Å². The Morgan fingerprint density at radius 2 is 0.577 bits per heavy atom. The van der Waals surface area contributed by atoms with E-state index in [2.05, 4.69) is 124 Å². The van der Waals surface area contributed by atoms with Gasteiger partial charge in [-0.1, -0.05) is 239 Å². The molecule has 0 aliphatic heterocycles. The van der Waals surface area contributed by atoms with Gasteiger partial charge in [-0.3, -0.25) is 14.4 Å². The lowest BCUT2D eigenvalue weighted by atomic mass is 10.1. The minimum atomic E-state index is -0.818. The number of esters is 3. The van der Waals surface area contributed by atoms with Crippen LogP contribution >= 0.6 is 0 Å². The van der Waals surface area contributed by atoms with Gasteiger partial charge in [0.15, 0.2) is 6.10 Å². The molecule has 0 radical (unpaired) electrons. The number of carbonyl (C=O) groups is 3. The van der Waals surface area contributed by atoms with Crippen LogP contribution in [-0.4, -0.2) is 37.2 Å². The Balaban J connectivity index is 4.52. The summed E-state index contributed by atoms with van der Waals surface area (Å²) in [6.45, 7) is 6.42. The van der Waals surface area contributed by atoms with Gasteiger partial charge >= 0.3 is 17.9 Å². The first-order valence-electron chi connectivity index (χ1n) is 29.4. The molecule has 0 aromatic carbocycles. The van der Waals surface area contributed by atoms with E-state index in [4.69, 9.17) is 14.2 Å². The van der Waals surface area contributed by atoms with Gasteiger partial charge in [-0.05, 0) is 116 Å². The van der Waals surface area contributed by atoms with E-state index in [0.717, 1.165) is 103 Å². The van der Waals surface area contributed by atoms with Crippen molar-refractivity contribution in [3.63, 3.8) is 0 Å². The molecule has 0 unspecified atom stereocenters. The molecule has 0 rings (SSSR count). The molecule has 6 nitrogen and oxygen atoms in total. The Kier molecular flexibility index (Phi) is 55.4. The van der Waals surface area contributed by atoms with E-state index in [1.54, 1.807) is 0 Å². The molecule has 0 saturated heterocycles. The molecular weight excluding hydrogens is 877 g/mol. The second-order valence-electron chi connectivity index (χ2n) is 19.2. The van der Waals surface area contributed by atoms with Gasteiger partial charge in [0.25, 0.3) is 0 Å². The van der Waals surface area contributed by atoms with Crippen molar-refractivity contribution >= 4 is 17.9 Å². The zero-order valence-electron chi connectivity index (χ0n) is 46.2. The molecule has 0 spiro atoms. The Morgan fingerprint density at radius 3 is 0.986 bits per heavy atom. The Hall–Kier alpha value is -3.93. The lowest BCUT2D eigenvalue weighted by Crippen LogP contribution is -2.30. The molecule has 0 aliphatic rings. The topological polar surface area (TPSA) is 78.9 Å². The zero-order chi connectivity index (χ0) is 51.4. The molecule has 0 bridgehead atoms. The van der Waals surface area contributed by atoms with Crippen molar-refractivity contribution < 1.29 is 28.6 Å². The van der Waals surface area contributed by atoms with Crippen LogP contribution in [-0.2, 0) is 28.6 Å². The molecule has 404 valence electrons. The summed E-state index contributed by atoms with van der Waals surface area (Å²) in [4.78, 5) is 38.2. The molecule has 0 aliphatic carbocycles. The lowest BCUT2D eigenvalue weighted by molar-refractivity contribution is -0.166. The third-order valence-electron chi connectivity index (χ3n) is 12.2. The molecule has 0 fully saturated rings. The summed E-state index contributed by atoms with van der Waals surface area (Å²) in [5, 5.41) is 0. The standard InChI is InChI=1S/C65H108O6/c1-4-7-10-13-16-19-22-25-28-30-32-34-37-40-43-46-49-52-55-58-64(67)70-61-62(60-69-63(66)57-54-51-48-45-42-39-36-27-24-21-18-15-12-9-6-3)71-65(68)59-56-53-50-47-44-41-38-35-33-31-29-26-23-20-17-14-11-8-5-2/h7,10,16,18-19,21,25-29,32,34,36,40,43,49,52,62H,4-6,8-9,11-15,17,20,22-24,30-31,33,35,37-39,41-42,44-48,50-51,53-61H2,1-3H3/b10-7-,19-16-,21-18-,28-25-,29-26-,34-32-,36-27-,43-40-,52-49-/t62-/m0/s1. The Morgan fingerprint density at radius 1 is 0.296 bits per heavy atom. The second kappa shape index (κ2) is 58.6. The maximum absolute atomic E-state index is 12.9. The number of ether oxygens (including phenoxy) is 3. The number of carbonyl (C=O) groups excluding carboxylic acids is 3. The van der Waals surface area contributed by atoms with Crippen molar-refractivity contribution in [1.82, 2.24) is 0 Å². The summed E-state index contributed by atoms with van der Waals surface area (Å²) in [7, 11) is 0. The molecule has 0 amide bonds. The van der Waals surface area contributed by atoms with Crippen LogP contribution in [0.5, 0.6) is 0 Å². The van der Waals surface area contributed by atoms with Gasteiger partial charge in [0.1, 0.15) is 13.2 Å². The number of allylic oxidation sites excluding steroid dienone is 18. The van der Waals surface area contributed by atoms with Gasteiger partial charge in [0.05, 0.1) is 0 Å². The first-order valence-corrected chi connectivity index (χ1v) is 29.4. The summed E-state index contributed by atoms with van der Waals surface area (Å²) < 4.78 is 16.8. The molecular formula is C65H108O6. The largest absolute Gasteiger partial charge is 0.462 e. The number of hydrogen-bond donors (Lipinski definition) is 0. The van der Waals surface area contributed by atoms with Gasteiger partial charge in [-0.25, -0.2) is 0 Å². The molecule has 0 aromatic rings. The zero-order valence-corrected chi connectivity index (χ0v) is 46.2. The summed E-state index contributed by atoms with van der Waals surface area (Å²) in [5.41, 5.74) is 0. The number of rotatable bonds is 52. The molecule has 0 saturated carbocycles. The van der Waals surface area contributed by atoms with Gasteiger partial charge in [0, 0.05) is 19.3 Å². The van der Waals surface area contributed by atoms with Crippen molar-refractivity contribution in [2.24, 2.45) is 0 Å². The predicted octanol–water partition coefficient (Wildman–Crippen LogP) is 19.9. The van der Waals surface area contributed by atoms with E-state index >= 15 is 0 Å². The van der Waals surface area contributed by atoms with Crippen LogP contribution in [0.25, 0.3) is 0 Å². The fourth-order valence-electron chi connectivity index (χ4n) is 7.85. The van der Waals surface area contributed by atoms with Crippen molar-refractivity contribution in [2.75, 3.05) is 13.2 Å². The minimum Gasteiger partial charge on any atom is -0.462 e. The minimum absolute atomic E-state index is 0.110. The predicted molar refractivity (Wildman–Crippen MR) is 307 cm³/mol. The molecule has 1 atom stereocenters. The first kappa shape index (κ1) is 67.1. The summed E-state index contributed by atoms with van der Waals surface area (Å²) in [6.07, 6.45) is 79.5. The van der Waals surface area contributed by atoms with Gasteiger partial charge in [-0.15, -0.1) is 0 Å². The molecule has 0 heterocycles. The van der Waals surface area contributed by atoms with E-state index in [9.17, 15) is 14.4 Å². The van der Waals surface area contributed by atoms with Crippen LogP contribution in [0, 0.1) is 0 Å². The van der Waals surface area contributed by atoms with Gasteiger partial charge in [0.2, 0.25) is 0 Å². The summed E-state index contributed by atoms with van der Waals surface area (Å²) in [6, 6.07) is 0. The quantitative estimate of drug-likeness (QED) is 0.0261. The maximum Gasteiger partial charge on any atom is 0.306 e. The highest BCUT2D eigenvalue weighted by Gasteiger charge is 2.19. The average molecular weight is 986 g/mol. The van der Waals surface area contributed by atoms with E-state index < -0.39 is 6.10 Å². The fraction of sp³-hybridized carbons (Fsp3) is 0.677. The van der Waals surface area contributed by atoms with Crippen LogP contribution in [0.2, 0.25) is 0 Å². The maximum atomic E-state index is 12.9. The molecule has 0 N–H and O–H groups in total. The van der Waals surface area contributed by atoms with Crippen LogP contribution < -0.4 is 0 Å². The Labute approximate surface area is 438 Å². The molecule has 71 heavy (non-hydrogen) atoms. The van der Waals surface area contributed by atoms with E-state index in [-0.39, 0.29) is 37.5 Å². The summed E-state index contributed by atoms with van der Waals surface area (Å²) in [5.74, 6) is -1.01. The lowest BCUT2D eigenvalue weighted by Gasteiger charge is -2.18. The van der Waals surface area contributed by atoms with Gasteiger partial charge in [-0.2, -0.15) is 0 Å².